The number of benzene rings is 1. The summed E-state index contributed by atoms with van der Waals surface area (Å²) in [7, 11) is 0. The van der Waals surface area contributed by atoms with Crippen molar-refractivity contribution in [3.63, 3.8) is 0 Å². The van der Waals surface area contributed by atoms with Gasteiger partial charge in [0.15, 0.2) is 5.65 Å². The molecule has 0 amide bonds. The maximum absolute atomic E-state index is 4.60. The Hall–Kier alpha value is -3.77. The highest BCUT2D eigenvalue weighted by atomic mass is 32.1. The van der Waals surface area contributed by atoms with Gasteiger partial charge in [0.05, 0.1) is 5.69 Å². The van der Waals surface area contributed by atoms with E-state index in [9.17, 15) is 0 Å². The first-order chi connectivity index (χ1) is 14.8. The number of nitrogens with one attached hydrogen (secondary N) is 2. The Morgan fingerprint density at radius 2 is 1.90 bits per heavy atom. The van der Waals surface area contributed by atoms with E-state index >= 15 is 0 Å². The molecule has 0 saturated heterocycles. The number of fused-ring (bicyclic) bond motifs is 2. The molecule has 144 valence electrons. The summed E-state index contributed by atoms with van der Waals surface area (Å²) < 4.78 is 0. The predicted octanol–water partition coefficient (Wildman–Crippen LogP) is 6.21. The van der Waals surface area contributed by atoms with Crippen LogP contribution in [0.4, 0.5) is 0 Å². The quantitative estimate of drug-likeness (QED) is 0.367. The van der Waals surface area contributed by atoms with Crippen LogP contribution in [0.15, 0.2) is 71.8 Å². The summed E-state index contributed by atoms with van der Waals surface area (Å²) in [6.45, 7) is 2.08. The van der Waals surface area contributed by atoms with Crippen molar-refractivity contribution in [3.8, 4) is 33.6 Å². The molecule has 2 N–H and O–H groups in total. The molecule has 0 unspecified atom stereocenters. The zero-order chi connectivity index (χ0) is 20.1. The van der Waals surface area contributed by atoms with E-state index in [1.54, 1.807) is 11.3 Å². The number of hydrogen-bond donors (Lipinski definition) is 2. The van der Waals surface area contributed by atoms with Gasteiger partial charge in [0, 0.05) is 46.0 Å². The number of aryl methyl sites for hydroxylation is 1. The lowest BCUT2D eigenvalue weighted by Gasteiger charge is -2.04. The molecule has 0 fully saturated rings. The largest absolute Gasteiger partial charge is 0.353 e. The molecule has 0 aliphatic carbocycles. The summed E-state index contributed by atoms with van der Waals surface area (Å²) in [5.41, 5.74) is 9.45. The summed E-state index contributed by atoms with van der Waals surface area (Å²) in [6.07, 6.45) is 5.56. The van der Waals surface area contributed by atoms with Gasteiger partial charge in [0.25, 0.3) is 0 Å². The van der Waals surface area contributed by atoms with Crippen molar-refractivity contribution in [2.24, 2.45) is 0 Å². The minimum Gasteiger partial charge on any atom is -0.353 e. The molecule has 30 heavy (non-hydrogen) atoms. The van der Waals surface area contributed by atoms with Crippen molar-refractivity contribution < 1.29 is 0 Å². The van der Waals surface area contributed by atoms with Gasteiger partial charge in [-0.05, 0) is 64.7 Å². The Labute approximate surface area is 176 Å². The van der Waals surface area contributed by atoms with E-state index in [0.717, 1.165) is 39.1 Å². The van der Waals surface area contributed by atoms with Crippen LogP contribution < -0.4 is 0 Å². The van der Waals surface area contributed by atoms with Gasteiger partial charge in [-0.25, -0.2) is 4.98 Å². The summed E-state index contributed by atoms with van der Waals surface area (Å²) in [6, 6.07) is 14.8. The minimum atomic E-state index is 0.770. The van der Waals surface area contributed by atoms with Crippen LogP contribution in [-0.4, -0.2) is 25.1 Å². The van der Waals surface area contributed by atoms with Crippen molar-refractivity contribution >= 4 is 33.3 Å². The first-order valence-corrected chi connectivity index (χ1v) is 10.6. The SMILES string of the molecule is Cc1ccncc1-c1cnc2[nH]nc(-c3cc4c(-c5ccsc5)cccc4[nH]3)c2c1. The Balaban J connectivity index is 1.53. The fourth-order valence-corrected chi connectivity index (χ4v) is 4.63. The molecular formula is C24H17N5S. The summed E-state index contributed by atoms with van der Waals surface area (Å²) in [5, 5.41) is 14.1. The Bertz CT molecular complexity index is 1510. The van der Waals surface area contributed by atoms with Gasteiger partial charge in [-0.1, -0.05) is 12.1 Å². The zero-order valence-electron chi connectivity index (χ0n) is 16.2. The van der Waals surface area contributed by atoms with Crippen LogP contribution in [0.3, 0.4) is 0 Å². The van der Waals surface area contributed by atoms with Gasteiger partial charge >= 0.3 is 0 Å². The van der Waals surface area contributed by atoms with Crippen LogP contribution >= 0.6 is 11.3 Å². The second-order valence-electron chi connectivity index (χ2n) is 7.34. The van der Waals surface area contributed by atoms with Gasteiger partial charge in [0.1, 0.15) is 5.69 Å². The third-order valence-corrected chi connectivity index (χ3v) is 6.20. The predicted molar refractivity (Wildman–Crippen MR) is 122 cm³/mol. The molecule has 5 heterocycles. The van der Waals surface area contributed by atoms with Crippen LogP contribution in [0.1, 0.15) is 5.56 Å². The van der Waals surface area contributed by atoms with Crippen molar-refractivity contribution in [3.05, 3.63) is 77.4 Å². The molecule has 0 radical (unpaired) electrons. The van der Waals surface area contributed by atoms with Crippen LogP contribution in [0.2, 0.25) is 0 Å². The molecular weight excluding hydrogens is 390 g/mol. The first-order valence-electron chi connectivity index (χ1n) is 9.68. The number of aromatic amines is 2. The molecule has 5 nitrogen and oxygen atoms in total. The molecule has 5 aromatic heterocycles. The fraction of sp³-hybridized carbons (Fsp3) is 0.0417. The van der Waals surface area contributed by atoms with Gasteiger partial charge < -0.3 is 4.98 Å². The van der Waals surface area contributed by atoms with Crippen LogP contribution in [0.25, 0.3) is 55.6 Å². The van der Waals surface area contributed by atoms with Crippen molar-refractivity contribution in [2.75, 3.05) is 0 Å². The lowest BCUT2D eigenvalue weighted by atomic mass is 10.0. The van der Waals surface area contributed by atoms with Crippen molar-refractivity contribution in [1.29, 1.82) is 0 Å². The molecule has 0 aliphatic rings. The zero-order valence-corrected chi connectivity index (χ0v) is 17.0. The lowest BCUT2D eigenvalue weighted by molar-refractivity contribution is 1.10. The molecule has 1 aromatic carbocycles. The van der Waals surface area contributed by atoms with E-state index in [1.165, 1.54) is 22.1 Å². The maximum Gasteiger partial charge on any atom is 0.155 e. The molecule has 0 spiro atoms. The molecule has 6 rings (SSSR count). The highest BCUT2D eigenvalue weighted by Crippen LogP contribution is 2.35. The van der Waals surface area contributed by atoms with Gasteiger partial charge in [0.2, 0.25) is 0 Å². The molecule has 0 bridgehead atoms. The standard InChI is InChI=1S/C24H17N5S/c1-14-5-7-25-12-20(14)16-9-19-23(28-29-24(19)26-11-16)22-10-18-17(15-6-8-30-13-15)3-2-4-21(18)27-22/h2-13,27H,1H3,(H,26,28,29). The van der Waals surface area contributed by atoms with Crippen molar-refractivity contribution in [1.82, 2.24) is 25.1 Å². The molecule has 0 atom stereocenters. The highest BCUT2D eigenvalue weighted by molar-refractivity contribution is 7.08. The summed E-state index contributed by atoms with van der Waals surface area (Å²) in [4.78, 5) is 12.4. The highest BCUT2D eigenvalue weighted by Gasteiger charge is 2.15. The molecule has 6 heteroatoms. The van der Waals surface area contributed by atoms with Crippen molar-refractivity contribution in [2.45, 2.75) is 6.92 Å². The van der Waals surface area contributed by atoms with E-state index in [-0.39, 0.29) is 0 Å². The van der Waals surface area contributed by atoms with Gasteiger partial charge in [-0.2, -0.15) is 16.4 Å². The number of rotatable bonds is 3. The van der Waals surface area contributed by atoms with Crippen LogP contribution in [-0.2, 0) is 0 Å². The monoisotopic (exact) mass is 407 g/mol. The molecule has 0 saturated carbocycles. The Morgan fingerprint density at radius 1 is 0.933 bits per heavy atom. The summed E-state index contributed by atoms with van der Waals surface area (Å²) in [5.74, 6) is 0. The van der Waals surface area contributed by atoms with Crippen LogP contribution in [0, 0.1) is 6.92 Å². The van der Waals surface area contributed by atoms with E-state index in [4.69, 9.17) is 0 Å². The minimum absolute atomic E-state index is 0.770. The first kappa shape index (κ1) is 17.1. The average molecular weight is 408 g/mol. The number of H-pyrrole nitrogens is 2. The Morgan fingerprint density at radius 3 is 2.77 bits per heavy atom. The molecule has 0 aliphatic heterocycles. The second-order valence-corrected chi connectivity index (χ2v) is 8.12. The number of thiophene rings is 1. The smallest absolute Gasteiger partial charge is 0.155 e. The Kier molecular flexibility index (Phi) is 3.79. The number of nitrogens with zero attached hydrogens (tertiary/aromatic N) is 3. The topological polar surface area (TPSA) is 70.2 Å². The lowest BCUT2D eigenvalue weighted by Crippen LogP contribution is -1.87. The van der Waals surface area contributed by atoms with E-state index < -0.39 is 0 Å². The number of aromatic nitrogens is 5. The van der Waals surface area contributed by atoms with Crippen LogP contribution in [0.5, 0.6) is 0 Å². The van der Waals surface area contributed by atoms with Gasteiger partial charge in [-0.3, -0.25) is 10.1 Å². The van der Waals surface area contributed by atoms with E-state index in [2.05, 4.69) is 79.2 Å². The third kappa shape index (κ3) is 2.65. The van der Waals surface area contributed by atoms with Gasteiger partial charge in [-0.15, -0.1) is 0 Å². The number of pyridine rings is 2. The van der Waals surface area contributed by atoms with E-state index in [0.29, 0.717) is 0 Å². The normalized spacial score (nSPS) is 11.5. The molecule has 6 aromatic rings. The summed E-state index contributed by atoms with van der Waals surface area (Å²) >= 11 is 1.71. The fourth-order valence-electron chi connectivity index (χ4n) is 3.97. The average Bonchev–Trinajstić information content (AvgIpc) is 3.51. The number of hydrogen-bond acceptors (Lipinski definition) is 4. The third-order valence-electron chi connectivity index (χ3n) is 5.52. The maximum atomic E-state index is 4.60. The van der Waals surface area contributed by atoms with E-state index in [1.807, 2.05) is 24.7 Å². The second kappa shape index (κ2) is 6.64.